The van der Waals surface area contributed by atoms with Crippen LogP contribution in [0.15, 0.2) is 52.4 Å². The van der Waals surface area contributed by atoms with Crippen molar-refractivity contribution in [2.75, 3.05) is 12.1 Å². The summed E-state index contributed by atoms with van der Waals surface area (Å²) in [5.41, 5.74) is 2.26. The molecule has 0 aliphatic carbocycles. The SMILES string of the molecule is O=C(O)Cc1ccc(NC2=NC(=O)/C(=C/c3ccc4c(c3)OCO4)S2)cc1. The Bertz CT molecular complexity index is 982. The second-order valence-corrected chi connectivity index (χ2v) is 6.87. The van der Waals surface area contributed by atoms with E-state index in [4.69, 9.17) is 14.6 Å². The molecule has 2 aromatic rings. The van der Waals surface area contributed by atoms with Crippen molar-refractivity contribution in [3.8, 4) is 11.5 Å². The smallest absolute Gasteiger partial charge is 0.307 e. The van der Waals surface area contributed by atoms with Gasteiger partial charge in [-0.15, -0.1) is 0 Å². The summed E-state index contributed by atoms with van der Waals surface area (Å²) in [6.45, 7) is 0.200. The van der Waals surface area contributed by atoms with Crippen molar-refractivity contribution in [2.45, 2.75) is 6.42 Å². The summed E-state index contributed by atoms with van der Waals surface area (Å²) in [6, 6.07) is 12.4. The number of aliphatic carboxylic acids is 1. The van der Waals surface area contributed by atoms with Crippen LogP contribution in [0.5, 0.6) is 11.5 Å². The van der Waals surface area contributed by atoms with Gasteiger partial charge in [-0.3, -0.25) is 9.59 Å². The number of anilines is 1. The van der Waals surface area contributed by atoms with Gasteiger partial charge in [0.25, 0.3) is 5.91 Å². The minimum Gasteiger partial charge on any atom is -0.481 e. The minimum absolute atomic E-state index is 0.0309. The average molecular weight is 382 g/mol. The lowest BCUT2D eigenvalue weighted by molar-refractivity contribution is -0.136. The number of thioether (sulfide) groups is 1. The fourth-order valence-electron chi connectivity index (χ4n) is 2.62. The van der Waals surface area contributed by atoms with Gasteiger partial charge in [0.2, 0.25) is 6.79 Å². The van der Waals surface area contributed by atoms with Gasteiger partial charge in [-0.1, -0.05) is 18.2 Å². The first-order chi connectivity index (χ1) is 13.1. The third kappa shape index (κ3) is 3.95. The molecule has 0 fully saturated rings. The Hall–Kier alpha value is -3.26. The lowest BCUT2D eigenvalue weighted by Crippen LogP contribution is -2.05. The molecular weight excluding hydrogens is 368 g/mol. The van der Waals surface area contributed by atoms with Crippen LogP contribution in [0.25, 0.3) is 6.08 Å². The summed E-state index contributed by atoms with van der Waals surface area (Å²) in [5, 5.41) is 12.3. The first kappa shape index (κ1) is 17.2. The predicted molar refractivity (Wildman–Crippen MR) is 102 cm³/mol. The number of carboxylic acids is 1. The molecule has 0 unspecified atom stereocenters. The van der Waals surface area contributed by atoms with Gasteiger partial charge in [0.1, 0.15) is 0 Å². The number of carbonyl (C=O) groups is 2. The van der Waals surface area contributed by atoms with Crippen LogP contribution in [-0.4, -0.2) is 28.9 Å². The number of amidine groups is 1. The monoisotopic (exact) mass is 382 g/mol. The zero-order chi connectivity index (χ0) is 18.8. The second kappa shape index (κ2) is 7.16. The number of carbonyl (C=O) groups excluding carboxylic acids is 1. The number of nitrogens with zero attached hydrogens (tertiary/aromatic N) is 1. The molecule has 136 valence electrons. The molecule has 2 aliphatic rings. The molecule has 8 heteroatoms. The van der Waals surface area contributed by atoms with Gasteiger partial charge in [-0.05, 0) is 53.2 Å². The number of aliphatic imine (C=N–C) groups is 1. The number of benzene rings is 2. The molecule has 0 aromatic heterocycles. The number of hydrogen-bond donors (Lipinski definition) is 2. The van der Waals surface area contributed by atoms with Crippen LogP contribution >= 0.6 is 11.8 Å². The molecule has 1 amide bonds. The second-order valence-electron chi connectivity index (χ2n) is 5.84. The van der Waals surface area contributed by atoms with Gasteiger partial charge in [-0.2, -0.15) is 4.99 Å². The Morgan fingerprint density at radius 3 is 2.74 bits per heavy atom. The van der Waals surface area contributed by atoms with Gasteiger partial charge < -0.3 is 19.9 Å². The molecule has 4 rings (SSSR count). The van der Waals surface area contributed by atoms with Crippen LogP contribution < -0.4 is 14.8 Å². The quantitative estimate of drug-likeness (QED) is 0.784. The van der Waals surface area contributed by atoms with Crippen LogP contribution in [0.4, 0.5) is 5.69 Å². The third-order valence-corrected chi connectivity index (χ3v) is 4.77. The van der Waals surface area contributed by atoms with Crippen molar-refractivity contribution in [3.63, 3.8) is 0 Å². The normalized spacial score (nSPS) is 16.5. The van der Waals surface area contributed by atoms with Crippen LogP contribution in [0.1, 0.15) is 11.1 Å². The largest absolute Gasteiger partial charge is 0.481 e. The van der Waals surface area contributed by atoms with Crippen molar-refractivity contribution in [1.82, 2.24) is 0 Å². The molecule has 2 heterocycles. The number of amides is 1. The molecule has 0 bridgehead atoms. The molecule has 0 spiro atoms. The predicted octanol–water partition coefficient (Wildman–Crippen LogP) is 3.12. The molecule has 27 heavy (non-hydrogen) atoms. The lowest BCUT2D eigenvalue weighted by atomic mass is 10.1. The first-order valence-electron chi connectivity index (χ1n) is 8.07. The van der Waals surface area contributed by atoms with E-state index in [0.717, 1.165) is 11.3 Å². The van der Waals surface area contributed by atoms with Crippen LogP contribution in [0, 0.1) is 0 Å². The highest BCUT2D eigenvalue weighted by molar-refractivity contribution is 8.18. The van der Waals surface area contributed by atoms with Gasteiger partial charge in [0.05, 0.1) is 11.3 Å². The number of nitrogens with one attached hydrogen (secondary N) is 1. The summed E-state index contributed by atoms with van der Waals surface area (Å²) in [5.74, 6) is 0.144. The van der Waals surface area contributed by atoms with Crippen LogP contribution in [-0.2, 0) is 16.0 Å². The highest BCUT2D eigenvalue weighted by Crippen LogP contribution is 2.35. The zero-order valence-electron chi connectivity index (χ0n) is 14.0. The fraction of sp³-hybridized carbons (Fsp3) is 0.105. The number of ether oxygens (including phenoxy) is 2. The highest BCUT2D eigenvalue weighted by atomic mass is 32.2. The summed E-state index contributed by atoms with van der Waals surface area (Å²) < 4.78 is 10.6. The van der Waals surface area contributed by atoms with Crippen LogP contribution in [0.3, 0.4) is 0 Å². The van der Waals surface area contributed by atoms with Crippen molar-refractivity contribution in [2.24, 2.45) is 4.99 Å². The van der Waals surface area contributed by atoms with Crippen molar-refractivity contribution < 1.29 is 24.2 Å². The molecule has 0 saturated carbocycles. The molecular formula is C19H14N2O5S. The van der Waals surface area contributed by atoms with E-state index in [1.54, 1.807) is 36.4 Å². The van der Waals surface area contributed by atoms with Gasteiger partial charge in [0.15, 0.2) is 16.7 Å². The van der Waals surface area contributed by atoms with Gasteiger partial charge in [-0.25, -0.2) is 0 Å². The van der Waals surface area contributed by atoms with E-state index in [1.807, 2.05) is 12.1 Å². The highest BCUT2D eigenvalue weighted by Gasteiger charge is 2.22. The lowest BCUT2D eigenvalue weighted by Gasteiger charge is -2.05. The topological polar surface area (TPSA) is 97.2 Å². The Labute approximate surface area is 158 Å². The fourth-order valence-corrected chi connectivity index (χ4v) is 3.45. The zero-order valence-corrected chi connectivity index (χ0v) is 14.8. The van der Waals surface area contributed by atoms with Crippen molar-refractivity contribution in [3.05, 3.63) is 58.5 Å². The van der Waals surface area contributed by atoms with E-state index in [-0.39, 0.29) is 19.1 Å². The maximum Gasteiger partial charge on any atom is 0.307 e. The minimum atomic E-state index is -0.879. The summed E-state index contributed by atoms with van der Waals surface area (Å²) in [6.07, 6.45) is 1.72. The Balaban J connectivity index is 1.44. The molecule has 2 aromatic carbocycles. The molecule has 7 nitrogen and oxygen atoms in total. The van der Waals surface area contributed by atoms with Crippen LogP contribution in [0.2, 0.25) is 0 Å². The Kier molecular flexibility index (Phi) is 4.55. The van der Waals surface area contributed by atoms with Crippen molar-refractivity contribution >= 4 is 40.6 Å². The first-order valence-corrected chi connectivity index (χ1v) is 8.88. The molecule has 2 aliphatic heterocycles. The van der Waals surface area contributed by atoms with E-state index in [0.29, 0.717) is 27.1 Å². The number of rotatable bonds is 4. The molecule has 0 radical (unpaired) electrons. The van der Waals surface area contributed by atoms with E-state index in [9.17, 15) is 9.59 Å². The maximum absolute atomic E-state index is 12.2. The summed E-state index contributed by atoms with van der Waals surface area (Å²) in [4.78, 5) is 27.4. The number of fused-ring (bicyclic) bond motifs is 1. The molecule has 0 saturated heterocycles. The molecule has 2 N–H and O–H groups in total. The molecule has 0 atom stereocenters. The van der Waals surface area contributed by atoms with E-state index >= 15 is 0 Å². The number of carboxylic acid groups (broad SMARTS) is 1. The van der Waals surface area contributed by atoms with E-state index in [2.05, 4.69) is 10.3 Å². The average Bonchev–Trinajstić information content (AvgIpc) is 3.22. The summed E-state index contributed by atoms with van der Waals surface area (Å²) in [7, 11) is 0. The third-order valence-electron chi connectivity index (χ3n) is 3.88. The standard InChI is InChI=1S/C19H14N2O5S/c22-17(23)9-11-1-4-13(5-2-11)20-19-21-18(24)16(27-19)8-12-3-6-14-15(7-12)26-10-25-14/h1-8H,9-10H2,(H,22,23)(H,20,21,24)/b16-8-. The summed E-state index contributed by atoms with van der Waals surface area (Å²) >= 11 is 1.24. The maximum atomic E-state index is 12.2. The van der Waals surface area contributed by atoms with E-state index < -0.39 is 5.97 Å². The van der Waals surface area contributed by atoms with Gasteiger partial charge in [0, 0.05) is 5.69 Å². The Morgan fingerprint density at radius 1 is 1.19 bits per heavy atom. The van der Waals surface area contributed by atoms with E-state index in [1.165, 1.54) is 11.8 Å². The van der Waals surface area contributed by atoms with Crippen molar-refractivity contribution in [1.29, 1.82) is 0 Å². The Morgan fingerprint density at radius 2 is 1.96 bits per heavy atom. The van der Waals surface area contributed by atoms with Gasteiger partial charge >= 0.3 is 5.97 Å². The number of hydrogen-bond acceptors (Lipinski definition) is 6.